The van der Waals surface area contributed by atoms with Crippen molar-refractivity contribution in [1.82, 2.24) is 0 Å². The van der Waals surface area contributed by atoms with Crippen LogP contribution < -0.4 is 0 Å². The smallest absolute Gasteiger partial charge is 0.0196 e. The molecule has 0 heteroatoms. The van der Waals surface area contributed by atoms with Gasteiger partial charge in [-0.25, -0.2) is 0 Å². The predicted molar refractivity (Wildman–Crippen MR) is 57.7 cm³/mol. The van der Waals surface area contributed by atoms with E-state index in [2.05, 4.69) is 24.3 Å². The molecule has 0 aromatic carbocycles. The third-order valence-corrected chi connectivity index (χ3v) is 5.21. The topological polar surface area (TPSA) is 0 Å². The molecule has 0 saturated heterocycles. The molecule has 0 heterocycles. The Kier molecular flexibility index (Phi) is 1.40. The summed E-state index contributed by atoms with van der Waals surface area (Å²) in [7, 11) is 0. The van der Waals surface area contributed by atoms with Crippen LogP contribution in [0.5, 0.6) is 0 Å². The third-order valence-electron chi connectivity index (χ3n) is 5.21. The van der Waals surface area contributed by atoms with E-state index in [-0.39, 0.29) is 0 Å². The van der Waals surface area contributed by atoms with Gasteiger partial charge in [0.1, 0.15) is 0 Å². The minimum Gasteiger partial charge on any atom is -0.0851 e. The lowest BCUT2D eigenvalue weighted by Gasteiger charge is -2.29. The maximum Gasteiger partial charge on any atom is -0.0196 e. The van der Waals surface area contributed by atoms with Crippen LogP contribution in [0.25, 0.3) is 0 Å². The van der Waals surface area contributed by atoms with Crippen LogP contribution in [-0.2, 0) is 0 Å². The number of fused-ring (bicyclic) bond motifs is 4. The van der Waals surface area contributed by atoms with E-state index in [9.17, 15) is 0 Å². The van der Waals surface area contributed by atoms with Crippen LogP contribution in [0.2, 0.25) is 0 Å². The van der Waals surface area contributed by atoms with Crippen molar-refractivity contribution >= 4 is 0 Å². The first kappa shape index (κ1) is 7.73. The van der Waals surface area contributed by atoms with Crippen LogP contribution in [-0.4, -0.2) is 0 Å². The summed E-state index contributed by atoms with van der Waals surface area (Å²) in [6.45, 7) is 0. The number of hydrogen-bond donors (Lipinski definition) is 0. The van der Waals surface area contributed by atoms with Crippen molar-refractivity contribution in [3.63, 3.8) is 0 Å². The molecule has 4 aliphatic carbocycles. The van der Waals surface area contributed by atoms with Gasteiger partial charge in [-0.3, -0.25) is 0 Å². The lowest BCUT2D eigenvalue weighted by molar-refractivity contribution is 0.249. The molecule has 0 spiro atoms. The fourth-order valence-corrected chi connectivity index (χ4v) is 4.63. The van der Waals surface area contributed by atoms with Gasteiger partial charge >= 0.3 is 0 Å². The normalized spacial score (nSPS) is 57.7. The van der Waals surface area contributed by atoms with Crippen LogP contribution in [0, 0.1) is 35.5 Å². The van der Waals surface area contributed by atoms with Gasteiger partial charge in [0.15, 0.2) is 0 Å². The molecule has 74 valence electrons. The summed E-state index contributed by atoms with van der Waals surface area (Å²) in [5.74, 6) is 5.99. The number of rotatable bonds is 1. The summed E-state index contributed by atoms with van der Waals surface area (Å²) in [4.78, 5) is 0. The number of allylic oxidation sites excluding steroid dienone is 4. The Bertz CT molecular complexity index is 280. The molecule has 0 amide bonds. The quantitative estimate of drug-likeness (QED) is 0.550. The highest BCUT2D eigenvalue weighted by Crippen LogP contribution is 2.55. The van der Waals surface area contributed by atoms with Crippen molar-refractivity contribution in [1.29, 1.82) is 0 Å². The molecule has 0 aromatic heterocycles. The Morgan fingerprint density at radius 3 is 1.36 bits per heavy atom. The molecule has 2 saturated carbocycles. The summed E-state index contributed by atoms with van der Waals surface area (Å²) in [6, 6.07) is 0. The lowest BCUT2D eigenvalue weighted by Crippen LogP contribution is -2.22. The van der Waals surface area contributed by atoms with Crippen molar-refractivity contribution in [2.45, 2.75) is 25.7 Å². The van der Waals surface area contributed by atoms with Gasteiger partial charge in [-0.15, -0.1) is 0 Å². The van der Waals surface area contributed by atoms with Gasteiger partial charge in [0.25, 0.3) is 0 Å². The summed E-state index contributed by atoms with van der Waals surface area (Å²) in [5, 5.41) is 0. The third kappa shape index (κ3) is 0.898. The maximum atomic E-state index is 2.52. The van der Waals surface area contributed by atoms with Crippen molar-refractivity contribution in [3.05, 3.63) is 24.3 Å². The zero-order valence-electron chi connectivity index (χ0n) is 8.60. The van der Waals surface area contributed by atoms with Gasteiger partial charge in [-0.05, 0) is 61.2 Å². The summed E-state index contributed by atoms with van der Waals surface area (Å²) in [5.41, 5.74) is 0. The van der Waals surface area contributed by atoms with E-state index in [0.717, 1.165) is 35.5 Å². The SMILES string of the molecule is C1=C[C@@H]2C[C@H]1C[C@H]2[C@@H]1C[C@@H]2C=C[C@H]1C2. The molecule has 0 unspecified atom stereocenters. The first-order chi connectivity index (χ1) is 6.90. The molecular weight excluding hydrogens is 168 g/mol. The molecule has 4 rings (SSSR count). The van der Waals surface area contributed by atoms with Crippen molar-refractivity contribution in [2.75, 3.05) is 0 Å². The van der Waals surface area contributed by atoms with E-state index in [4.69, 9.17) is 0 Å². The molecule has 4 bridgehead atoms. The second kappa shape index (κ2) is 2.53. The minimum absolute atomic E-state index is 0.966. The summed E-state index contributed by atoms with van der Waals surface area (Å²) in [6.07, 6.45) is 16.0. The standard InChI is InChI=1S/C14H18/c1-3-11-5-9(1)7-13(11)14-8-10-2-4-12(14)6-10/h1-4,9-14H,5-8H2/t9-,10+,11+,12-,13-,14-/m1/s1. The van der Waals surface area contributed by atoms with E-state index in [1.807, 2.05) is 0 Å². The van der Waals surface area contributed by atoms with Gasteiger partial charge in [-0.2, -0.15) is 0 Å². The Morgan fingerprint density at radius 1 is 0.571 bits per heavy atom. The van der Waals surface area contributed by atoms with Gasteiger partial charge in [0.2, 0.25) is 0 Å². The Hall–Kier alpha value is -0.520. The first-order valence-electron chi connectivity index (χ1n) is 6.27. The van der Waals surface area contributed by atoms with Gasteiger partial charge < -0.3 is 0 Å². The Balaban J connectivity index is 1.60. The molecule has 0 radical (unpaired) electrons. The van der Waals surface area contributed by atoms with Crippen LogP contribution in [0.3, 0.4) is 0 Å². The van der Waals surface area contributed by atoms with Gasteiger partial charge in [0, 0.05) is 0 Å². The molecule has 0 N–H and O–H groups in total. The van der Waals surface area contributed by atoms with Gasteiger partial charge in [-0.1, -0.05) is 24.3 Å². The van der Waals surface area contributed by atoms with E-state index in [1.165, 1.54) is 25.7 Å². The highest BCUT2D eigenvalue weighted by atomic mass is 14.5. The zero-order chi connectivity index (χ0) is 9.12. The average Bonchev–Trinajstić information content (AvgIpc) is 2.96. The molecular formula is C14H18. The largest absolute Gasteiger partial charge is 0.0851 e. The monoisotopic (exact) mass is 186 g/mol. The summed E-state index contributed by atoms with van der Waals surface area (Å²) >= 11 is 0. The van der Waals surface area contributed by atoms with E-state index in [1.54, 1.807) is 0 Å². The fourth-order valence-electron chi connectivity index (χ4n) is 4.63. The van der Waals surface area contributed by atoms with Crippen molar-refractivity contribution < 1.29 is 0 Å². The fraction of sp³-hybridized carbons (Fsp3) is 0.714. The molecule has 0 aromatic rings. The first-order valence-corrected chi connectivity index (χ1v) is 6.27. The Morgan fingerprint density at radius 2 is 1.07 bits per heavy atom. The second-order valence-corrected chi connectivity index (χ2v) is 5.89. The highest BCUT2D eigenvalue weighted by molar-refractivity contribution is 5.17. The van der Waals surface area contributed by atoms with Crippen LogP contribution >= 0.6 is 0 Å². The summed E-state index contributed by atoms with van der Waals surface area (Å²) < 4.78 is 0. The molecule has 14 heavy (non-hydrogen) atoms. The predicted octanol–water partition coefficient (Wildman–Crippen LogP) is 3.41. The number of hydrogen-bond acceptors (Lipinski definition) is 0. The van der Waals surface area contributed by atoms with Crippen molar-refractivity contribution in [2.24, 2.45) is 35.5 Å². The Labute approximate surface area is 86.1 Å². The molecule has 2 fully saturated rings. The minimum atomic E-state index is 0.966. The van der Waals surface area contributed by atoms with E-state index in [0.29, 0.717) is 0 Å². The van der Waals surface area contributed by atoms with Crippen LogP contribution in [0.15, 0.2) is 24.3 Å². The molecule has 0 nitrogen and oxygen atoms in total. The van der Waals surface area contributed by atoms with Crippen LogP contribution in [0.4, 0.5) is 0 Å². The van der Waals surface area contributed by atoms with Crippen LogP contribution in [0.1, 0.15) is 25.7 Å². The van der Waals surface area contributed by atoms with E-state index < -0.39 is 0 Å². The second-order valence-electron chi connectivity index (χ2n) is 5.89. The lowest BCUT2D eigenvalue weighted by atomic mass is 9.75. The average molecular weight is 186 g/mol. The molecule has 6 atom stereocenters. The van der Waals surface area contributed by atoms with E-state index >= 15 is 0 Å². The molecule has 0 aliphatic heterocycles. The molecule has 4 aliphatic rings. The van der Waals surface area contributed by atoms with Crippen molar-refractivity contribution in [3.8, 4) is 0 Å². The highest BCUT2D eigenvalue weighted by Gasteiger charge is 2.46. The maximum absolute atomic E-state index is 2.52. The van der Waals surface area contributed by atoms with Gasteiger partial charge in [0.05, 0.1) is 0 Å². The zero-order valence-corrected chi connectivity index (χ0v) is 8.60.